The zero-order valence-electron chi connectivity index (χ0n) is 11.2. The van der Waals surface area contributed by atoms with Gasteiger partial charge in [0.25, 0.3) is 5.91 Å². The molecule has 3 rings (SSSR count). The van der Waals surface area contributed by atoms with E-state index in [9.17, 15) is 9.90 Å². The van der Waals surface area contributed by atoms with Crippen LogP contribution >= 0.6 is 15.9 Å². The molecule has 1 N–H and O–H groups in total. The van der Waals surface area contributed by atoms with Crippen molar-refractivity contribution in [2.75, 3.05) is 19.7 Å². The number of ether oxygens (including phenoxy) is 1. The maximum atomic E-state index is 12.3. The molecule has 0 saturated carbocycles. The Balaban J connectivity index is 1.62. The maximum Gasteiger partial charge on any atom is 0.289 e. The van der Waals surface area contributed by atoms with Crippen molar-refractivity contribution >= 4 is 21.8 Å². The second-order valence-electron chi connectivity index (χ2n) is 5.57. The fraction of sp³-hybridized carbons (Fsp3) is 0.643. The van der Waals surface area contributed by atoms with Gasteiger partial charge in [-0.05, 0) is 47.3 Å². The third kappa shape index (κ3) is 2.77. The van der Waals surface area contributed by atoms with Crippen LogP contribution in [0, 0.1) is 0 Å². The lowest BCUT2D eigenvalue weighted by Crippen LogP contribution is -2.51. The molecule has 2 saturated heterocycles. The monoisotopic (exact) mass is 343 g/mol. The zero-order chi connectivity index (χ0) is 14.2. The predicted molar refractivity (Wildman–Crippen MR) is 75.5 cm³/mol. The number of aliphatic hydroxyl groups is 1. The van der Waals surface area contributed by atoms with E-state index in [1.807, 2.05) is 0 Å². The van der Waals surface area contributed by atoms with Gasteiger partial charge in [-0.1, -0.05) is 0 Å². The third-order valence-electron chi connectivity index (χ3n) is 4.21. The fourth-order valence-electron chi connectivity index (χ4n) is 3.05. The Bertz CT molecular complexity index is 493. The Hall–Kier alpha value is -0.850. The number of likely N-dealkylation sites (tertiary alicyclic amines) is 1. The van der Waals surface area contributed by atoms with Crippen LogP contribution in [0.5, 0.6) is 0 Å². The molecule has 1 unspecified atom stereocenters. The highest BCUT2D eigenvalue weighted by Gasteiger charge is 2.41. The molecule has 110 valence electrons. The van der Waals surface area contributed by atoms with E-state index in [0.29, 0.717) is 43.0 Å². The van der Waals surface area contributed by atoms with Crippen LogP contribution in [0.25, 0.3) is 0 Å². The van der Waals surface area contributed by atoms with Crippen molar-refractivity contribution in [3.05, 3.63) is 22.6 Å². The first-order chi connectivity index (χ1) is 9.58. The Morgan fingerprint density at radius 3 is 2.75 bits per heavy atom. The minimum atomic E-state index is -0.271. The third-order valence-corrected chi connectivity index (χ3v) is 4.64. The second-order valence-corrected chi connectivity index (χ2v) is 6.36. The van der Waals surface area contributed by atoms with Crippen LogP contribution < -0.4 is 0 Å². The Morgan fingerprint density at radius 2 is 2.15 bits per heavy atom. The van der Waals surface area contributed by atoms with E-state index in [0.717, 1.165) is 12.8 Å². The van der Waals surface area contributed by atoms with Crippen LogP contribution in [0.1, 0.15) is 36.2 Å². The van der Waals surface area contributed by atoms with E-state index in [1.54, 1.807) is 17.0 Å². The molecule has 1 atom stereocenters. The van der Waals surface area contributed by atoms with Crippen molar-refractivity contribution < 1.29 is 19.1 Å². The summed E-state index contributed by atoms with van der Waals surface area (Å²) >= 11 is 3.20. The average Bonchev–Trinajstić information content (AvgIpc) is 2.85. The molecule has 3 heterocycles. The number of aliphatic hydroxyl groups excluding tert-OH is 1. The van der Waals surface area contributed by atoms with Crippen molar-refractivity contribution in [1.82, 2.24) is 4.90 Å². The molecule has 20 heavy (non-hydrogen) atoms. The molecule has 6 heteroatoms. The molecule has 2 fully saturated rings. The van der Waals surface area contributed by atoms with E-state index < -0.39 is 0 Å². The van der Waals surface area contributed by atoms with E-state index in [-0.39, 0.29) is 17.6 Å². The second kappa shape index (κ2) is 5.50. The van der Waals surface area contributed by atoms with E-state index in [4.69, 9.17) is 9.15 Å². The number of nitrogens with zero attached hydrogens (tertiary/aromatic N) is 1. The van der Waals surface area contributed by atoms with Crippen molar-refractivity contribution in [1.29, 1.82) is 0 Å². The number of carbonyl (C=O) groups is 1. The summed E-state index contributed by atoms with van der Waals surface area (Å²) in [5.41, 5.74) is -0.238. The van der Waals surface area contributed by atoms with Gasteiger partial charge in [0, 0.05) is 26.1 Å². The molecule has 1 spiro atoms. The lowest BCUT2D eigenvalue weighted by atomic mass is 9.83. The molecule has 1 amide bonds. The van der Waals surface area contributed by atoms with E-state index in [2.05, 4.69) is 15.9 Å². The van der Waals surface area contributed by atoms with Gasteiger partial charge in [0.15, 0.2) is 10.4 Å². The van der Waals surface area contributed by atoms with Gasteiger partial charge in [-0.3, -0.25) is 4.79 Å². The summed E-state index contributed by atoms with van der Waals surface area (Å²) in [5.74, 6) is 0.277. The lowest BCUT2D eigenvalue weighted by Gasteiger charge is -2.45. The largest absolute Gasteiger partial charge is 0.444 e. The van der Waals surface area contributed by atoms with Crippen LogP contribution in [0.3, 0.4) is 0 Å². The predicted octanol–water partition coefficient (Wildman–Crippen LogP) is 2.19. The van der Waals surface area contributed by atoms with Crippen molar-refractivity contribution in [2.24, 2.45) is 0 Å². The number of hydrogen-bond acceptors (Lipinski definition) is 4. The highest BCUT2D eigenvalue weighted by molar-refractivity contribution is 9.10. The first kappa shape index (κ1) is 14.1. The Kier molecular flexibility index (Phi) is 3.88. The van der Waals surface area contributed by atoms with Gasteiger partial charge in [-0.25, -0.2) is 0 Å². The van der Waals surface area contributed by atoms with E-state index >= 15 is 0 Å². The number of rotatable bonds is 1. The molecule has 0 bridgehead atoms. The van der Waals surface area contributed by atoms with Crippen LogP contribution in [0.4, 0.5) is 0 Å². The quantitative estimate of drug-likeness (QED) is 0.848. The summed E-state index contributed by atoms with van der Waals surface area (Å²) < 4.78 is 11.8. The molecule has 0 aliphatic carbocycles. The summed E-state index contributed by atoms with van der Waals surface area (Å²) in [5, 5.41) is 9.80. The molecule has 1 aromatic rings. The molecular weight excluding hydrogens is 326 g/mol. The first-order valence-electron chi connectivity index (χ1n) is 6.95. The standard InChI is InChI=1S/C14H18BrNO4/c15-12-2-1-11(20-12)13(18)16-6-4-14(5-7-16)9-10(17)3-8-19-14/h1-2,10,17H,3-9H2. The molecule has 2 aliphatic heterocycles. The zero-order valence-corrected chi connectivity index (χ0v) is 12.8. The Morgan fingerprint density at radius 1 is 1.40 bits per heavy atom. The average molecular weight is 344 g/mol. The highest BCUT2D eigenvalue weighted by Crippen LogP contribution is 2.35. The summed E-state index contributed by atoms with van der Waals surface area (Å²) in [7, 11) is 0. The van der Waals surface area contributed by atoms with Gasteiger partial charge < -0.3 is 19.2 Å². The van der Waals surface area contributed by atoms with Gasteiger partial charge in [0.2, 0.25) is 0 Å². The van der Waals surface area contributed by atoms with Gasteiger partial charge >= 0.3 is 0 Å². The Labute approximate surface area is 126 Å². The molecule has 2 aliphatic rings. The molecule has 5 nitrogen and oxygen atoms in total. The van der Waals surface area contributed by atoms with Crippen molar-refractivity contribution in [3.63, 3.8) is 0 Å². The first-order valence-corrected chi connectivity index (χ1v) is 7.74. The van der Waals surface area contributed by atoms with E-state index in [1.165, 1.54) is 0 Å². The topological polar surface area (TPSA) is 62.9 Å². The van der Waals surface area contributed by atoms with Crippen LogP contribution in [0.2, 0.25) is 0 Å². The van der Waals surface area contributed by atoms with Crippen LogP contribution in [-0.2, 0) is 4.74 Å². The number of piperidine rings is 1. The minimum Gasteiger partial charge on any atom is -0.444 e. The normalized spacial score (nSPS) is 25.9. The van der Waals surface area contributed by atoms with Gasteiger partial charge in [-0.15, -0.1) is 0 Å². The van der Waals surface area contributed by atoms with Crippen molar-refractivity contribution in [2.45, 2.75) is 37.4 Å². The maximum absolute atomic E-state index is 12.3. The number of furan rings is 1. The molecule has 0 aromatic carbocycles. The number of hydrogen-bond donors (Lipinski definition) is 1. The summed E-state index contributed by atoms with van der Waals surface area (Å²) in [6.07, 6.45) is 2.67. The lowest BCUT2D eigenvalue weighted by molar-refractivity contribution is -0.139. The van der Waals surface area contributed by atoms with Gasteiger partial charge in [-0.2, -0.15) is 0 Å². The van der Waals surface area contributed by atoms with Gasteiger partial charge in [0.05, 0.1) is 11.7 Å². The molecule has 0 radical (unpaired) electrons. The molecule has 1 aromatic heterocycles. The summed E-state index contributed by atoms with van der Waals surface area (Å²) in [4.78, 5) is 14.1. The minimum absolute atomic E-state index is 0.0816. The fourth-order valence-corrected chi connectivity index (χ4v) is 3.36. The number of carbonyl (C=O) groups excluding carboxylic acids is 1. The van der Waals surface area contributed by atoms with Crippen LogP contribution in [-0.4, -0.2) is 47.3 Å². The molecular formula is C14H18BrNO4. The SMILES string of the molecule is O=C(c1ccc(Br)o1)N1CCC2(CC1)CC(O)CCO2. The van der Waals surface area contributed by atoms with Crippen LogP contribution in [0.15, 0.2) is 21.2 Å². The number of halogens is 1. The smallest absolute Gasteiger partial charge is 0.289 e. The summed E-state index contributed by atoms with van der Waals surface area (Å²) in [6, 6.07) is 3.40. The summed E-state index contributed by atoms with van der Waals surface area (Å²) in [6.45, 7) is 1.90. The number of amides is 1. The van der Waals surface area contributed by atoms with Crippen molar-refractivity contribution in [3.8, 4) is 0 Å². The highest BCUT2D eigenvalue weighted by atomic mass is 79.9. The van der Waals surface area contributed by atoms with Gasteiger partial charge in [0.1, 0.15) is 0 Å².